The molecule has 0 heterocycles. The number of nitro groups is 3. The lowest BCUT2D eigenvalue weighted by atomic mass is 9.84. The maximum absolute atomic E-state index is 11.3. The smallest absolute Gasteiger partial charge is 0.324 e. The Morgan fingerprint density at radius 1 is 0.276 bits per heavy atom. The normalized spacial score (nSPS) is 10.7. The van der Waals surface area contributed by atoms with Gasteiger partial charge in [0.25, 0.3) is 5.69 Å². The molecule has 0 fully saturated rings. The number of nitrogen functional groups attached to an aromatic ring is 2. The molecule has 620 valence electrons. The summed E-state index contributed by atoms with van der Waals surface area (Å²) in [5.74, 6) is 3.65. The van der Waals surface area contributed by atoms with Crippen molar-refractivity contribution >= 4 is 167 Å². The molecule has 17 aromatic carbocycles. The first-order valence-corrected chi connectivity index (χ1v) is 42.2. The van der Waals surface area contributed by atoms with Crippen LogP contribution in [-0.4, -0.2) is 57.4 Å². The van der Waals surface area contributed by atoms with Gasteiger partial charge in [-0.2, -0.15) is 0 Å². The highest BCUT2D eigenvalue weighted by atomic mass is 127. The quantitative estimate of drug-likeness (QED) is 0.0243. The summed E-state index contributed by atoms with van der Waals surface area (Å²) < 4.78 is 34.8. The number of halogens is 5. The van der Waals surface area contributed by atoms with E-state index >= 15 is 0 Å². The van der Waals surface area contributed by atoms with Gasteiger partial charge in [-0.1, -0.05) is 242 Å². The van der Waals surface area contributed by atoms with E-state index in [0.717, 1.165) is 87.2 Å². The first-order chi connectivity index (χ1) is 59.3. The Morgan fingerprint density at radius 3 is 1.16 bits per heavy atom. The van der Waals surface area contributed by atoms with Crippen LogP contribution in [0.4, 0.5) is 28.4 Å². The maximum atomic E-state index is 11.3. The van der Waals surface area contributed by atoms with Crippen LogP contribution < -0.4 is 39.9 Å². The van der Waals surface area contributed by atoms with Gasteiger partial charge in [0.2, 0.25) is 0 Å². The van der Waals surface area contributed by atoms with Crippen molar-refractivity contribution in [2.45, 2.75) is 34.6 Å². The minimum Gasteiger partial charge on any atom is -0.496 e. The molecular weight excluding hydrogens is 1880 g/mol. The molecule has 0 radical (unpaired) electrons. The number of hydrogen-bond donors (Lipinski definition) is 2. The highest BCUT2D eigenvalue weighted by Gasteiger charge is 2.29. The third-order valence-electron chi connectivity index (χ3n) is 21.1. The topological polar surface area (TPSA) is 237 Å². The number of benzene rings is 17. The molecule has 0 spiro atoms. The molecule has 0 bridgehead atoms. The Hall–Kier alpha value is -12.6. The van der Waals surface area contributed by atoms with Crippen molar-refractivity contribution in [1.82, 2.24) is 0 Å². The molecule has 17 aromatic rings. The Labute approximate surface area is 758 Å². The second-order valence-electron chi connectivity index (χ2n) is 28.3. The van der Waals surface area contributed by atoms with Gasteiger partial charge in [-0.3, -0.25) is 30.3 Å². The molecule has 0 aliphatic rings. The summed E-state index contributed by atoms with van der Waals surface area (Å²) in [7, 11) is 9.48. The minimum absolute atomic E-state index is 0.0417. The molecular formula is C101H84BrCl2I2N5O12. The van der Waals surface area contributed by atoms with Gasteiger partial charge >= 0.3 is 11.4 Å². The van der Waals surface area contributed by atoms with Crippen molar-refractivity contribution < 1.29 is 43.2 Å². The summed E-state index contributed by atoms with van der Waals surface area (Å²) in [4.78, 5) is 31.4. The fourth-order valence-corrected chi connectivity index (χ4v) is 17.8. The molecule has 0 aromatic heterocycles. The van der Waals surface area contributed by atoms with E-state index in [1.54, 1.807) is 71.8 Å². The summed E-state index contributed by atoms with van der Waals surface area (Å²) in [6, 6.07) is 92.7. The fourth-order valence-electron chi connectivity index (χ4n) is 15.3. The predicted molar refractivity (Wildman–Crippen MR) is 525 cm³/mol. The van der Waals surface area contributed by atoms with Crippen LogP contribution in [0.1, 0.15) is 27.8 Å². The van der Waals surface area contributed by atoms with E-state index in [1.807, 2.05) is 110 Å². The van der Waals surface area contributed by atoms with Crippen molar-refractivity contribution in [2.75, 3.05) is 54.1 Å². The predicted octanol–water partition coefficient (Wildman–Crippen LogP) is 29.1. The average Bonchev–Trinajstić information content (AvgIpc) is 0.695. The summed E-state index contributed by atoms with van der Waals surface area (Å²) in [6.45, 7) is 10.0. The fraction of sp³-hybridized carbons (Fsp3) is 0.109. The highest BCUT2D eigenvalue weighted by molar-refractivity contribution is 14.1. The van der Waals surface area contributed by atoms with Gasteiger partial charge in [0.15, 0.2) is 11.5 Å². The van der Waals surface area contributed by atoms with Crippen LogP contribution in [-0.2, 0) is 0 Å². The second-order valence-corrected chi connectivity index (χ2v) is 32.1. The zero-order chi connectivity index (χ0) is 88.0. The number of anilines is 2. The molecule has 17 nitrogen and oxygen atoms in total. The Kier molecular flexibility index (Phi) is 29.5. The number of aryl methyl sites for hydroxylation is 5. The monoisotopic (exact) mass is 1960 g/mol. The standard InChI is InChI=1S/C26H20Cl2O.C26H18O.C14H12I2O.C14H12N2O5.C14H16N2O.C7H6BrNO3/c1-17-9-7-12-18(25(17)20-10-3-5-14-22(20)27)19-13-8-16-24(29-2)26(19)21-11-4-6-15-23(21)28;1-15-11-12-20-17-8-4-6-10-19(17)24-22(27-2)14-13-21-16-7-3-5-9-18(16)23(15)25(20)26(21)24;1-9-5-3-6-10(13(9)15)11-7-4-8-12(17-2)14(11)16;1-9-5-3-6-10(13(9)15(17)18)11-7-4-8-12(21-2)14(11)16(19)20;1-9-5-3-6-10(13(9)15)11-7-4-8-12(17-2)14(11)16;1-12-6-4-2-3-5(8)7(6)9(10)11/h3-16H,1-2H3;3-14H,1-2H3;3-8H,1-2H3;3-8H,1-2H3;3-8H,15-16H2,1-2H3;2-4H,1H3. The van der Waals surface area contributed by atoms with Crippen LogP contribution in [0.2, 0.25) is 10.0 Å². The third-order valence-corrected chi connectivity index (χ3v) is 25.0. The number of hydrogen-bond acceptors (Lipinski definition) is 14. The van der Waals surface area contributed by atoms with Crippen molar-refractivity contribution in [3.8, 4) is 101 Å². The van der Waals surface area contributed by atoms with E-state index in [2.05, 4.69) is 209 Å². The van der Waals surface area contributed by atoms with Crippen LogP contribution in [0.3, 0.4) is 0 Å². The van der Waals surface area contributed by atoms with Crippen LogP contribution in [0, 0.1) is 72.1 Å². The molecule has 17 rings (SSSR count). The van der Waals surface area contributed by atoms with E-state index in [-0.39, 0.29) is 39.7 Å². The van der Waals surface area contributed by atoms with Crippen molar-refractivity contribution in [3.05, 3.63) is 365 Å². The van der Waals surface area contributed by atoms with Gasteiger partial charge in [-0.15, -0.1) is 0 Å². The third kappa shape index (κ3) is 18.8. The summed E-state index contributed by atoms with van der Waals surface area (Å²) in [6.07, 6.45) is 0. The van der Waals surface area contributed by atoms with Gasteiger partial charge in [-0.25, -0.2) is 0 Å². The molecule has 22 heteroatoms. The lowest BCUT2D eigenvalue weighted by Crippen LogP contribution is -1.99. The minimum atomic E-state index is -0.597. The Morgan fingerprint density at radius 2 is 0.634 bits per heavy atom. The molecule has 0 amide bonds. The van der Waals surface area contributed by atoms with Crippen LogP contribution >= 0.6 is 84.3 Å². The zero-order valence-electron chi connectivity index (χ0n) is 68.9. The van der Waals surface area contributed by atoms with E-state index in [4.69, 9.17) is 63.1 Å². The van der Waals surface area contributed by atoms with Crippen LogP contribution in [0.15, 0.2) is 290 Å². The number of para-hydroxylation sites is 5. The second kappa shape index (κ2) is 40.4. The summed E-state index contributed by atoms with van der Waals surface area (Å²) in [5, 5.41) is 47.5. The van der Waals surface area contributed by atoms with Crippen LogP contribution in [0.5, 0.6) is 34.5 Å². The molecule has 0 saturated carbocycles. The Balaban J connectivity index is 0.000000138. The molecule has 123 heavy (non-hydrogen) atoms. The maximum Gasteiger partial charge on any atom is 0.324 e. The van der Waals surface area contributed by atoms with Crippen molar-refractivity contribution in [3.63, 3.8) is 0 Å². The molecule has 0 saturated heterocycles. The number of fused-ring (bicyclic) bond motifs is 6. The summed E-state index contributed by atoms with van der Waals surface area (Å²) in [5.41, 5.74) is 29.2. The van der Waals surface area contributed by atoms with Gasteiger partial charge < -0.3 is 39.9 Å². The van der Waals surface area contributed by atoms with E-state index < -0.39 is 14.8 Å². The van der Waals surface area contributed by atoms with Crippen LogP contribution in [0.25, 0.3) is 121 Å². The number of nitrogens with two attached hydrogens (primary N) is 2. The van der Waals surface area contributed by atoms with Crippen molar-refractivity contribution in [1.29, 1.82) is 0 Å². The van der Waals surface area contributed by atoms with Gasteiger partial charge in [-0.05, 0) is 256 Å². The number of methoxy groups -OCH3 is 6. The lowest BCUT2D eigenvalue weighted by Gasteiger charge is -2.20. The largest absolute Gasteiger partial charge is 0.496 e. The number of ether oxygens (including phenoxy) is 6. The van der Waals surface area contributed by atoms with Crippen molar-refractivity contribution in [2.24, 2.45) is 0 Å². The SMILES string of the molecule is COc1ccc2c3ccccc3c3c(C)ccc4c5ccccc5c1c2c43.COc1cccc(-c2cccc(C)c2-c2ccccc2Cl)c1-c1ccccc1Cl.COc1cccc(-c2cccc(C)c2I)c1I.COc1cccc(-c2cccc(C)c2N)c1N.COc1cccc(-c2cccc(C)c2[N+](=O)[O-])c1[N+](=O)[O-].COc1cccc(Br)c1[N+](=O)[O-]. The number of rotatable bonds is 15. The molecule has 0 aliphatic carbocycles. The van der Waals surface area contributed by atoms with Gasteiger partial charge in [0.05, 0.1) is 82.3 Å². The molecule has 0 aliphatic heterocycles. The number of nitrogens with zero attached hydrogens (tertiary/aromatic N) is 3. The van der Waals surface area contributed by atoms with E-state index in [1.165, 1.54) is 112 Å². The lowest BCUT2D eigenvalue weighted by molar-refractivity contribution is -0.387. The molecule has 4 N–H and O–H groups in total. The first kappa shape index (κ1) is 89.7. The Bertz CT molecular complexity index is 6750. The summed E-state index contributed by atoms with van der Waals surface area (Å²) >= 11 is 21.0. The average molecular weight is 1960 g/mol. The molecule has 0 atom stereocenters. The first-order valence-electron chi connectivity index (χ1n) is 38.5. The highest BCUT2D eigenvalue weighted by Crippen LogP contribution is 2.51. The van der Waals surface area contributed by atoms with E-state index in [9.17, 15) is 30.3 Å². The van der Waals surface area contributed by atoms with E-state index in [0.29, 0.717) is 26.5 Å². The van der Waals surface area contributed by atoms with Gasteiger partial charge in [0.1, 0.15) is 23.0 Å². The van der Waals surface area contributed by atoms with Gasteiger partial charge in [0, 0.05) is 63.5 Å². The number of nitro benzene ring substituents is 3. The zero-order valence-corrected chi connectivity index (χ0v) is 76.3. The molecule has 0 unspecified atom stereocenters.